The smallest absolute Gasteiger partial charge is 0.337 e. The second kappa shape index (κ2) is 8.71. The summed E-state index contributed by atoms with van der Waals surface area (Å²) in [4.78, 5) is 16.4. The zero-order valence-corrected chi connectivity index (χ0v) is 15.8. The SMILES string of the molecule is C=C(/N=C(\C=C/N)n1ncc2ccc(C(=O)OC)cc21)N[C@H]1CC[C@H](O)CC1. The minimum absolute atomic E-state index is 0.218. The number of ether oxygens (including phenoxy) is 1. The van der Waals surface area contributed by atoms with Crippen LogP contribution in [-0.4, -0.2) is 45.9 Å². The average Bonchev–Trinajstić information content (AvgIpc) is 3.12. The summed E-state index contributed by atoms with van der Waals surface area (Å²) in [7, 11) is 1.34. The van der Waals surface area contributed by atoms with Crippen molar-refractivity contribution in [3.05, 3.63) is 54.6 Å². The van der Waals surface area contributed by atoms with Gasteiger partial charge in [0.15, 0.2) is 5.84 Å². The number of carbonyl (C=O) groups excluding carboxylic acids is 1. The van der Waals surface area contributed by atoms with E-state index < -0.39 is 5.97 Å². The Morgan fingerprint density at radius 3 is 2.86 bits per heavy atom. The van der Waals surface area contributed by atoms with Gasteiger partial charge in [0.1, 0.15) is 5.82 Å². The van der Waals surface area contributed by atoms with E-state index in [1.165, 1.54) is 13.3 Å². The Bertz CT molecular complexity index is 923. The van der Waals surface area contributed by atoms with E-state index in [9.17, 15) is 9.90 Å². The van der Waals surface area contributed by atoms with Crippen molar-refractivity contribution in [2.45, 2.75) is 37.8 Å². The molecule has 1 fully saturated rings. The first-order valence-corrected chi connectivity index (χ1v) is 9.18. The molecule has 1 aromatic carbocycles. The third-order valence-electron chi connectivity index (χ3n) is 4.77. The molecule has 3 rings (SSSR count). The van der Waals surface area contributed by atoms with Gasteiger partial charge >= 0.3 is 5.97 Å². The normalized spacial score (nSPS) is 20.4. The average molecular weight is 383 g/mol. The molecule has 1 heterocycles. The number of allylic oxidation sites excluding steroid dienone is 1. The lowest BCUT2D eigenvalue weighted by atomic mass is 9.93. The summed E-state index contributed by atoms with van der Waals surface area (Å²) in [5.41, 5.74) is 6.72. The number of fused-ring (bicyclic) bond motifs is 1. The zero-order valence-electron chi connectivity index (χ0n) is 15.8. The van der Waals surface area contributed by atoms with Crippen LogP contribution in [0.5, 0.6) is 0 Å². The van der Waals surface area contributed by atoms with E-state index in [1.54, 1.807) is 35.2 Å². The monoisotopic (exact) mass is 383 g/mol. The topological polar surface area (TPSA) is 115 Å². The van der Waals surface area contributed by atoms with E-state index >= 15 is 0 Å². The van der Waals surface area contributed by atoms with Crippen LogP contribution in [0.4, 0.5) is 0 Å². The molecule has 0 aliphatic heterocycles. The van der Waals surface area contributed by atoms with Gasteiger partial charge in [0.25, 0.3) is 0 Å². The Morgan fingerprint density at radius 1 is 1.43 bits per heavy atom. The van der Waals surface area contributed by atoms with Crippen molar-refractivity contribution >= 4 is 22.7 Å². The Morgan fingerprint density at radius 2 is 2.18 bits per heavy atom. The van der Waals surface area contributed by atoms with Crippen molar-refractivity contribution in [2.75, 3.05) is 7.11 Å². The van der Waals surface area contributed by atoms with Gasteiger partial charge in [-0.15, -0.1) is 0 Å². The number of rotatable bonds is 5. The largest absolute Gasteiger partial charge is 0.465 e. The van der Waals surface area contributed by atoms with Gasteiger partial charge < -0.3 is 20.9 Å². The Labute approximate surface area is 163 Å². The molecule has 2 aromatic rings. The van der Waals surface area contributed by atoms with Crippen molar-refractivity contribution in [2.24, 2.45) is 10.7 Å². The molecule has 8 nitrogen and oxygen atoms in total. The first-order chi connectivity index (χ1) is 13.5. The van der Waals surface area contributed by atoms with Crippen LogP contribution in [0.15, 0.2) is 54.1 Å². The summed E-state index contributed by atoms with van der Waals surface area (Å²) in [5, 5.41) is 18.2. The highest BCUT2D eigenvalue weighted by molar-refractivity contribution is 6.02. The fourth-order valence-electron chi connectivity index (χ4n) is 3.31. The minimum atomic E-state index is -0.423. The molecule has 1 aliphatic rings. The van der Waals surface area contributed by atoms with Crippen LogP contribution in [0.1, 0.15) is 36.0 Å². The Hall–Kier alpha value is -3.13. The van der Waals surface area contributed by atoms with Crippen molar-refractivity contribution in [3.8, 4) is 0 Å². The van der Waals surface area contributed by atoms with Gasteiger partial charge in [0, 0.05) is 11.4 Å². The maximum atomic E-state index is 11.9. The number of carbonyl (C=O) groups is 1. The Balaban J connectivity index is 1.88. The number of aliphatic hydroxyl groups excluding tert-OH is 1. The minimum Gasteiger partial charge on any atom is -0.465 e. The lowest BCUT2D eigenvalue weighted by molar-refractivity contribution is 0.0601. The molecule has 1 aliphatic carbocycles. The lowest BCUT2D eigenvalue weighted by Gasteiger charge is -2.26. The van der Waals surface area contributed by atoms with Gasteiger partial charge in [-0.05, 0) is 50.1 Å². The summed E-state index contributed by atoms with van der Waals surface area (Å²) in [6.45, 7) is 3.99. The third-order valence-corrected chi connectivity index (χ3v) is 4.77. The molecule has 0 radical (unpaired) electrons. The van der Waals surface area contributed by atoms with Gasteiger partial charge in [-0.1, -0.05) is 12.6 Å². The second-order valence-electron chi connectivity index (χ2n) is 6.75. The zero-order chi connectivity index (χ0) is 20.1. The number of esters is 1. The van der Waals surface area contributed by atoms with Crippen molar-refractivity contribution in [3.63, 3.8) is 0 Å². The van der Waals surface area contributed by atoms with Gasteiger partial charge in [0.2, 0.25) is 0 Å². The number of aromatic nitrogens is 2. The molecular formula is C20H25N5O3. The number of hydrogen-bond donors (Lipinski definition) is 3. The van der Waals surface area contributed by atoms with E-state index in [1.807, 2.05) is 0 Å². The number of methoxy groups -OCH3 is 1. The third kappa shape index (κ3) is 4.40. The predicted molar refractivity (Wildman–Crippen MR) is 108 cm³/mol. The summed E-state index contributed by atoms with van der Waals surface area (Å²) in [5.74, 6) is 0.531. The summed E-state index contributed by atoms with van der Waals surface area (Å²) in [6, 6.07) is 5.42. The van der Waals surface area contributed by atoms with Gasteiger partial charge in [-0.2, -0.15) is 5.10 Å². The first kappa shape index (κ1) is 19.6. The molecule has 0 unspecified atom stereocenters. The molecule has 148 valence electrons. The summed E-state index contributed by atoms with van der Waals surface area (Å²) >= 11 is 0. The highest BCUT2D eigenvalue weighted by Gasteiger charge is 2.19. The van der Waals surface area contributed by atoms with Crippen LogP contribution in [0, 0.1) is 0 Å². The van der Waals surface area contributed by atoms with Crippen LogP contribution >= 0.6 is 0 Å². The second-order valence-corrected chi connectivity index (χ2v) is 6.75. The van der Waals surface area contributed by atoms with E-state index in [0.717, 1.165) is 31.1 Å². The molecule has 0 saturated heterocycles. The van der Waals surface area contributed by atoms with Crippen LogP contribution in [0.2, 0.25) is 0 Å². The summed E-state index contributed by atoms with van der Waals surface area (Å²) < 4.78 is 6.39. The molecule has 0 amide bonds. The standard InChI is InChI=1S/C20H25N5O3/c1-13(23-16-5-7-17(26)8-6-16)24-19(9-10-21)25-18-11-14(20(27)28-2)3-4-15(18)12-22-25/h3-4,9-12,16-17,23,26H,1,5-8,21H2,2H3/b10-9-,24-19+/t16-,17-. The molecule has 1 aromatic heterocycles. The molecule has 28 heavy (non-hydrogen) atoms. The lowest BCUT2D eigenvalue weighted by Crippen LogP contribution is -2.33. The van der Waals surface area contributed by atoms with E-state index in [4.69, 9.17) is 10.5 Å². The molecule has 1 saturated carbocycles. The maximum Gasteiger partial charge on any atom is 0.337 e. The predicted octanol–water partition coefficient (Wildman–Crippen LogP) is 1.91. The number of benzene rings is 1. The molecular weight excluding hydrogens is 358 g/mol. The quantitative estimate of drug-likeness (QED) is 0.413. The number of aliphatic hydroxyl groups is 1. The fraction of sp³-hybridized carbons (Fsp3) is 0.350. The van der Waals surface area contributed by atoms with E-state index in [0.29, 0.717) is 22.7 Å². The molecule has 0 spiro atoms. The van der Waals surface area contributed by atoms with Crippen molar-refractivity contribution < 1.29 is 14.6 Å². The van der Waals surface area contributed by atoms with Crippen molar-refractivity contribution in [1.29, 1.82) is 0 Å². The van der Waals surface area contributed by atoms with Gasteiger partial charge in [-0.25, -0.2) is 14.5 Å². The van der Waals surface area contributed by atoms with E-state index in [-0.39, 0.29) is 12.1 Å². The number of nitrogens with one attached hydrogen (secondary N) is 1. The molecule has 8 heteroatoms. The van der Waals surface area contributed by atoms with Gasteiger partial charge in [-0.3, -0.25) is 0 Å². The number of aliphatic imine (C=N–C) groups is 1. The van der Waals surface area contributed by atoms with E-state index in [2.05, 4.69) is 22.0 Å². The molecule has 0 bridgehead atoms. The number of hydrogen-bond acceptors (Lipinski definition) is 7. The van der Waals surface area contributed by atoms with Crippen LogP contribution in [-0.2, 0) is 4.74 Å². The highest BCUT2D eigenvalue weighted by atomic mass is 16.5. The number of nitrogens with two attached hydrogens (primary N) is 1. The Kier molecular flexibility index (Phi) is 6.10. The molecule has 4 N–H and O–H groups in total. The van der Waals surface area contributed by atoms with Gasteiger partial charge in [0.05, 0.1) is 30.5 Å². The number of nitrogens with zero attached hydrogens (tertiary/aromatic N) is 3. The van der Waals surface area contributed by atoms with Crippen molar-refractivity contribution in [1.82, 2.24) is 15.1 Å². The van der Waals surface area contributed by atoms with Crippen LogP contribution in [0.3, 0.4) is 0 Å². The van der Waals surface area contributed by atoms with Crippen LogP contribution in [0.25, 0.3) is 10.9 Å². The summed E-state index contributed by atoms with van der Waals surface area (Å²) in [6.07, 6.45) is 7.74. The molecule has 0 atom stereocenters. The maximum absolute atomic E-state index is 11.9. The van der Waals surface area contributed by atoms with Crippen LogP contribution < -0.4 is 11.1 Å². The fourth-order valence-corrected chi connectivity index (χ4v) is 3.31. The first-order valence-electron chi connectivity index (χ1n) is 9.18. The highest BCUT2D eigenvalue weighted by Crippen LogP contribution is 2.20.